The Labute approximate surface area is 163 Å². The Balaban J connectivity index is 1.55. The summed E-state index contributed by atoms with van der Waals surface area (Å²) >= 11 is 0. The summed E-state index contributed by atoms with van der Waals surface area (Å²) in [6.07, 6.45) is 0.957. The summed E-state index contributed by atoms with van der Waals surface area (Å²) in [4.78, 5) is 17.1. The fourth-order valence-electron chi connectivity index (χ4n) is 3.04. The number of para-hydroxylation sites is 1. The number of methoxy groups -OCH3 is 1. The Bertz CT molecular complexity index is 1130. The SMILES string of the molecule is CCc1ccc2oc(-c3ccc(NC(=O)c4ccccc4OC)cc3)nc2c1. The molecule has 4 rings (SSSR count). The predicted molar refractivity (Wildman–Crippen MR) is 110 cm³/mol. The molecule has 0 radical (unpaired) electrons. The topological polar surface area (TPSA) is 64.4 Å². The highest BCUT2D eigenvalue weighted by atomic mass is 16.5. The van der Waals surface area contributed by atoms with E-state index in [4.69, 9.17) is 9.15 Å². The third-order valence-electron chi connectivity index (χ3n) is 4.60. The number of oxazole rings is 1. The summed E-state index contributed by atoms with van der Waals surface area (Å²) in [5.41, 5.74) is 4.86. The van der Waals surface area contributed by atoms with Crippen molar-refractivity contribution in [3.05, 3.63) is 77.9 Å². The van der Waals surface area contributed by atoms with E-state index in [-0.39, 0.29) is 5.91 Å². The molecule has 0 aliphatic rings. The van der Waals surface area contributed by atoms with Gasteiger partial charge in [0.15, 0.2) is 5.58 Å². The average molecular weight is 372 g/mol. The number of aromatic nitrogens is 1. The highest BCUT2D eigenvalue weighted by molar-refractivity contribution is 6.06. The van der Waals surface area contributed by atoms with Crippen LogP contribution in [0.2, 0.25) is 0 Å². The Morgan fingerprint density at radius 1 is 1.07 bits per heavy atom. The van der Waals surface area contributed by atoms with E-state index in [1.165, 1.54) is 5.56 Å². The highest BCUT2D eigenvalue weighted by Crippen LogP contribution is 2.26. The van der Waals surface area contributed by atoms with E-state index in [2.05, 4.69) is 17.2 Å². The Morgan fingerprint density at radius 2 is 1.86 bits per heavy atom. The zero-order chi connectivity index (χ0) is 19.5. The fourth-order valence-corrected chi connectivity index (χ4v) is 3.04. The van der Waals surface area contributed by atoms with Crippen LogP contribution in [-0.2, 0) is 6.42 Å². The number of nitrogens with zero attached hydrogens (tertiary/aromatic N) is 1. The fraction of sp³-hybridized carbons (Fsp3) is 0.130. The Morgan fingerprint density at radius 3 is 2.61 bits per heavy atom. The Hall–Kier alpha value is -3.60. The quantitative estimate of drug-likeness (QED) is 0.515. The number of carbonyl (C=O) groups excluding carboxylic acids is 1. The minimum Gasteiger partial charge on any atom is -0.496 e. The molecule has 1 N–H and O–H groups in total. The molecular weight excluding hydrogens is 352 g/mol. The third-order valence-corrected chi connectivity index (χ3v) is 4.60. The molecule has 3 aromatic carbocycles. The van der Waals surface area contributed by atoms with Crippen LogP contribution in [0, 0.1) is 0 Å². The van der Waals surface area contributed by atoms with E-state index in [9.17, 15) is 4.79 Å². The van der Waals surface area contributed by atoms with Crippen LogP contribution in [0.25, 0.3) is 22.6 Å². The van der Waals surface area contributed by atoms with Crippen LogP contribution in [-0.4, -0.2) is 18.0 Å². The number of aryl methyl sites for hydroxylation is 1. The van der Waals surface area contributed by atoms with Crippen molar-refractivity contribution in [2.24, 2.45) is 0 Å². The molecule has 28 heavy (non-hydrogen) atoms. The van der Waals surface area contributed by atoms with Gasteiger partial charge in [0, 0.05) is 11.3 Å². The largest absolute Gasteiger partial charge is 0.496 e. The van der Waals surface area contributed by atoms with Crippen LogP contribution < -0.4 is 10.1 Å². The van der Waals surface area contributed by atoms with Crippen LogP contribution in [0.4, 0.5) is 5.69 Å². The van der Waals surface area contributed by atoms with Gasteiger partial charge in [0.25, 0.3) is 5.91 Å². The first-order chi connectivity index (χ1) is 13.7. The van der Waals surface area contributed by atoms with Gasteiger partial charge in [-0.15, -0.1) is 0 Å². The molecule has 0 spiro atoms. The molecule has 1 amide bonds. The number of hydrogen-bond donors (Lipinski definition) is 1. The first kappa shape index (κ1) is 17.8. The predicted octanol–water partition coefficient (Wildman–Crippen LogP) is 5.32. The number of carbonyl (C=O) groups is 1. The van der Waals surface area contributed by atoms with Crippen molar-refractivity contribution in [3.8, 4) is 17.2 Å². The van der Waals surface area contributed by atoms with Gasteiger partial charge < -0.3 is 14.5 Å². The van der Waals surface area contributed by atoms with Gasteiger partial charge in [-0.2, -0.15) is 0 Å². The number of fused-ring (bicyclic) bond motifs is 1. The Kier molecular flexibility index (Phi) is 4.81. The van der Waals surface area contributed by atoms with Crippen LogP contribution in [0.3, 0.4) is 0 Å². The van der Waals surface area contributed by atoms with E-state index < -0.39 is 0 Å². The van der Waals surface area contributed by atoms with Crippen molar-refractivity contribution < 1.29 is 13.9 Å². The smallest absolute Gasteiger partial charge is 0.259 e. The molecule has 0 fully saturated rings. The van der Waals surface area contributed by atoms with Gasteiger partial charge in [-0.1, -0.05) is 25.1 Å². The molecule has 0 aliphatic heterocycles. The van der Waals surface area contributed by atoms with Crippen LogP contribution in [0.1, 0.15) is 22.8 Å². The van der Waals surface area contributed by atoms with Crippen molar-refractivity contribution in [2.75, 3.05) is 12.4 Å². The molecule has 0 atom stereocenters. The number of nitrogens with one attached hydrogen (secondary N) is 1. The maximum atomic E-state index is 12.5. The second-order valence-corrected chi connectivity index (χ2v) is 6.41. The van der Waals surface area contributed by atoms with Crippen molar-refractivity contribution in [3.63, 3.8) is 0 Å². The molecule has 0 saturated carbocycles. The summed E-state index contributed by atoms with van der Waals surface area (Å²) < 4.78 is 11.1. The first-order valence-electron chi connectivity index (χ1n) is 9.12. The molecule has 1 aromatic heterocycles. The van der Waals surface area contributed by atoms with Gasteiger partial charge in [-0.25, -0.2) is 4.98 Å². The standard InChI is InChI=1S/C23H20N2O3/c1-3-15-8-13-21-19(14-15)25-23(28-21)16-9-11-17(12-10-16)24-22(26)18-6-4-5-7-20(18)27-2/h4-14H,3H2,1-2H3,(H,24,26). The molecule has 0 bridgehead atoms. The van der Waals surface area contributed by atoms with Gasteiger partial charge in [0.05, 0.1) is 12.7 Å². The van der Waals surface area contributed by atoms with E-state index in [0.717, 1.165) is 23.1 Å². The van der Waals surface area contributed by atoms with Crippen molar-refractivity contribution in [1.29, 1.82) is 0 Å². The lowest BCUT2D eigenvalue weighted by Gasteiger charge is -2.09. The molecule has 0 saturated heterocycles. The monoisotopic (exact) mass is 372 g/mol. The van der Waals surface area contributed by atoms with E-state index in [1.807, 2.05) is 48.5 Å². The summed E-state index contributed by atoms with van der Waals surface area (Å²) in [7, 11) is 1.55. The summed E-state index contributed by atoms with van der Waals surface area (Å²) in [5, 5.41) is 2.88. The van der Waals surface area contributed by atoms with Crippen LogP contribution in [0.15, 0.2) is 71.1 Å². The first-order valence-corrected chi connectivity index (χ1v) is 9.12. The minimum atomic E-state index is -0.223. The summed E-state index contributed by atoms with van der Waals surface area (Å²) in [6, 6.07) is 20.6. The van der Waals surface area contributed by atoms with Crippen molar-refractivity contribution in [2.45, 2.75) is 13.3 Å². The number of ether oxygens (including phenoxy) is 1. The lowest BCUT2D eigenvalue weighted by molar-refractivity contribution is 0.102. The number of hydrogen-bond acceptors (Lipinski definition) is 4. The lowest BCUT2D eigenvalue weighted by Crippen LogP contribution is -2.12. The molecule has 0 unspecified atom stereocenters. The highest BCUT2D eigenvalue weighted by Gasteiger charge is 2.13. The van der Waals surface area contributed by atoms with E-state index in [0.29, 0.717) is 22.9 Å². The van der Waals surface area contributed by atoms with Gasteiger partial charge in [0.1, 0.15) is 11.3 Å². The van der Waals surface area contributed by atoms with Crippen molar-refractivity contribution >= 4 is 22.7 Å². The van der Waals surface area contributed by atoms with Crippen LogP contribution >= 0.6 is 0 Å². The maximum absolute atomic E-state index is 12.5. The van der Waals surface area contributed by atoms with Crippen molar-refractivity contribution in [1.82, 2.24) is 4.98 Å². The van der Waals surface area contributed by atoms with E-state index in [1.54, 1.807) is 25.3 Å². The summed E-state index contributed by atoms with van der Waals surface area (Å²) in [6.45, 7) is 2.11. The second-order valence-electron chi connectivity index (χ2n) is 6.41. The van der Waals surface area contributed by atoms with Crippen LogP contribution in [0.5, 0.6) is 5.75 Å². The summed E-state index contributed by atoms with van der Waals surface area (Å²) in [5.74, 6) is 0.875. The van der Waals surface area contributed by atoms with Gasteiger partial charge >= 0.3 is 0 Å². The van der Waals surface area contributed by atoms with Gasteiger partial charge in [-0.3, -0.25) is 4.79 Å². The maximum Gasteiger partial charge on any atom is 0.259 e. The molecule has 1 heterocycles. The van der Waals surface area contributed by atoms with Gasteiger partial charge in [0.2, 0.25) is 5.89 Å². The average Bonchev–Trinajstić information content (AvgIpc) is 3.17. The molecule has 5 heteroatoms. The zero-order valence-corrected chi connectivity index (χ0v) is 15.7. The molecular formula is C23H20N2O3. The van der Waals surface area contributed by atoms with E-state index >= 15 is 0 Å². The number of rotatable bonds is 5. The molecule has 140 valence electrons. The third kappa shape index (κ3) is 3.47. The molecule has 0 aliphatic carbocycles. The van der Waals surface area contributed by atoms with Gasteiger partial charge in [-0.05, 0) is 60.5 Å². The molecule has 4 aromatic rings. The normalized spacial score (nSPS) is 10.8. The minimum absolute atomic E-state index is 0.223. The zero-order valence-electron chi connectivity index (χ0n) is 15.7. The molecule has 5 nitrogen and oxygen atoms in total. The lowest BCUT2D eigenvalue weighted by atomic mass is 10.1. The number of amides is 1. The second kappa shape index (κ2) is 7.56. The number of anilines is 1. The number of benzene rings is 3.